The first-order valence-electron chi connectivity index (χ1n) is 16.0. The largest absolute Gasteiger partial charge is 0.480 e. The van der Waals surface area contributed by atoms with Crippen molar-refractivity contribution in [1.82, 2.24) is 31.5 Å². The zero-order chi connectivity index (χ0) is 34.0. The van der Waals surface area contributed by atoms with E-state index in [1.807, 2.05) is 37.3 Å². The van der Waals surface area contributed by atoms with Crippen molar-refractivity contribution in [3.05, 3.63) is 35.9 Å². The Morgan fingerprint density at radius 3 is 2.15 bits per heavy atom. The summed E-state index contributed by atoms with van der Waals surface area (Å²) in [6.45, 7) is 7.22. The van der Waals surface area contributed by atoms with Crippen molar-refractivity contribution in [2.45, 2.75) is 109 Å². The van der Waals surface area contributed by atoms with Crippen LogP contribution < -0.4 is 26.6 Å². The topological polar surface area (TPSA) is 206 Å². The van der Waals surface area contributed by atoms with Crippen LogP contribution in [-0.2, 0) is 35.2 Å². The minimum absolute atomic E-state index is 0.181. The molecule has 0 bridgehead atoms. The van der Waals surface area contributed by atoms with E-state index in [9.17, 15) is 39.0 Å². The van der Waals surface area contributed by atoms with Crippen LogP contribution in [0.25, 0.3) is 0 Å². The Bertz CT molecular complexity index is 1240. The highest BCUT2D eigenvalue weighted by atomic mass is 16.4. The van der Waals surface area contributed by atoms with Gasteiger partial charge in [-0.25, -0.2) is 4.79 Å². The van der Waals surface area contributed by atoms with Gasteiger partial charge in [0.25, 0.3) is 0 Å². The highest BCUT2D eigenvalue weighted by Gasteiger charge is 2.40. The Morgan fingerprint density at radius 2 is 1.57 bits per heavy atom. The van der Waals surface area contributed by atoms with Gasteiger partial charge in [0.1, 0.15) is 30.2 Å². The quantitative estimate of drug-likeness (QED) is 0.131. The first kappa shape index (κ1) is 36.4. The fraction of sp³-hybridized carbons (Fsp3) is 0.625. The third-order valence-corrected chi connectivity index (χ3v) is 8.70. The van der Waals surface area contributed by atoms with Gasteiger partial charge < -0.3 is 41.7 Å². The van der Waals surface area contributed by atoms with E-state index in [0.717, 1.165) is 16.9 Å². The number of aliphatic carboxylic acids is 1. The molecule has 5 amide bonds. The highest BCUT2D eigenvalue weighted by molar-refractivity contribution is 5.96. The molecule has 2 aliphatic heterocycles. The molecule has 0 unspecified atom stereocenters. The highest BCUT2D eigenvalue weighted by Crippen LogP contribution is 2.19. The van der Waals surface area contributed by atoms with Crippen molar-refractivity contribution < 1.29 is 39.0 Å². The third kappa shape index (κ3) is 9.73. The van der Waals surface area contributed by atoms with Gasteiger partial charge in [-0.05, 0) is 57.6 Å². The Morgan fingerprint density at radius 1 is 0.891 bits per heavy atom. The number of carbonyl (C=O) groups is 6. The molecule has 0 aromatic heterocycles. The summed E-state index contributed by atoms with van der Waals surface area (Å²) in [5.41, 5.74) is 0.822. The average Bonchev–Trinajstić information content (AvgIpc) is 3.75. The number of benzene rings is 1. The number of hydrogen-bond acceptors (Lipinski definition) is 8. The standard InChI is InChI=1S/C32H48N6O8/c1-5-18(2)25(36-29(42)23(17-21-11-7-6-8-12-21)35-28(41)22-13-9-15-33-22)30(43)34-19(3)27(40)37-26(20(4)39)31(44)38-16-10-14-24(38)32(45)46/h6-8,11-12,18-20,22-26,33,39H,5,9-10,13-17H2,1-4H3,(H,34,43)(H,35,41)(H,36,42)(H,37,40)(H,45,46)/t18-,19-,20+,22-,23-,24-,25-,26-/m0/s1. The molecule has 1 aromatic rings. The lowest BCUT2D eigenvalue weighted by Gasteiger charge is -2.30. The van der Waals surface area contributed by atoms with Gasteiger partial charge in [-0.3, -0.25) is 24.0 Å². The predicted octanol–water partition coefficient (Wildman–Crippen LogP) is -0.557. The Kier molecular flexibility index (Phi) is 13.5. The van der Waals surface area contributed by atoms with Gasteiger partial charge in [0.05, 0.1) is 12.1 Å². The molecule has 14 nitrogen and oxygen atoms in total. The van der Waals surface area contributed by atoms with Crippen molar-refractivity contribution in [2.24, 2.45) is 5.92 Å². The molecular weight excluding hydrogens is 596 g/mol. The maximum absolute atomic E-state index is 13.6. The molecule has 8 atom stereocenters. The number of hydrogen-bond donors (Lipinski definition) is 7. The number of nitrogens with zero attached hydrogens (tertiary/aromatic N) is 1. The molecule has 2 fully saturated rings. The van der Waals surface area contributed by atoms with Crippen molar-refractivity contribution >= 4 is 35.5 Å². The Hall–Kier alpha value is -4.04. The van der Waals surface area contributed by atoms with Crippen molar-refractivity contribution in [3.8, 4) is 0 Å². The van der Waals surface area contributed by atoms with E-state index in [-0.39, 0.29) is 31.2 Å². The number of likely N-dealkylation sites (tertiary alicyclic amines) is 1. The monoisotopic (exact) mass is 644 g/mol. The second-order valence-corrected chi connectivity index (χ2v) is 12.3. The Labute approximate surface area is 269 Å². The summed E-state index contributed by atoms with van der Waals surface area (Å²) >= 11 is 0. The van der Waals surface area contributed by atoms with Crippen LogP contribution in [0.1, 0.15) is 65.4 Å². The van der Waals surface area contributed by atoms with Gasteiger partial charge in [-0.1, -0.05) is 50.6 Å². The number of carbonyl (C=O) groups excluding carboxylic acids is 5. The van der Waals surface area contributed by atoms with E-state index in [2.05, 4.69) is 26.6 Å². The lowest BCUT2D eigenvalue weighted by Crippen LogP contribution is -2.61. The zero-order valence-electron chi connectivity index (χ0n) is 27.0. The maximum Gasteiger partial charge on any atom is 0.326 e. The molecule has 0 spiro atoms. The zero-order valence-corrected chi connectivity index (χ0v) is 27.0. The number of carboxylic acids is 1. The molecule has 7 N–H and O–H groups in total. The van der Waals surface area contributed by atoms with Crippen LogP contribution in [0, 0.1) is 5.92 Å². The number of aliphatic hydroxyl groups excluding tert-OH is 1. The van der Waals surface area contributed by atoms with Gasteiger partial charge in [-0.2, -0.15) is 0 Å². The third-order valence-electron chi connectivity index (χ3n) is 8.70. The normalized spacial score (nSPS) is 21.6. The van der Waals surface area contributed by atoms with E-state index >= 15 is 0 Å². The number of nitrogens with one attached hydrogen (secondary N) is 5. The van der Waals surface area contributed by atoms with Crippen LogP contribution >= 0.6 is 0 Å². The first-order chi connectivity index (χ1) is 21.8. The molecule has 0 radical (unpaired) electrons. The van der Waals surface area contributed by atoms with Crippen molar-refractivity contribution in [2.75, 3.05) is 13.1 Å². The van der Waals surface area contributed by atoms with Crippen molar-refractivity contribution in [3.63, 3.8) is 0 Å². The van der Waals surface area contributed by atoms with E-state index < -0.39 is 72.0 Å². The predicted molar refractivity (Wildman–Crippen MR) is 168 cm³/mol. The molecule has 1 aromatic carbocycles. The van der Waals surface area contributed by atoms with Crippen LogP contribution in [-0.4, -0.2) is 106 Å². The second-order valence-electron chi connectivity index (χ2n) is 12.3. The van der Waals surface area contributed by atoms with Gasteiger partial charge in [-0.15, -0.1) is 0 Å². The van der Waals surface area contributed by atoms with Gasteiger partial charge in [0.15, 0.2) is 0 Å². The second kappa shape index (κ2) is 17.0. The molecule has 0 aliphatic carbocycles. The minimum atomic E-state index is -1.42. The molecule has 254 valence electrons. The molecular formula is C32H48N6O8. The van der Waals surface area contributed by atoms with Crippen LogP contribution in [0.3, 0.4) is 0 Å². The van der Waals surface area contributed by atoms with Gasteiger partial charge in [0.2, 0.25) is 29.5 Å². The SMILES string of the molecule is CC[C@H](C)[C@H](NC(=O)[C@H](Cc1ccccc1)NC(=O)[C@@H]1CCCN1)C(=O)N[C@@H](C)C(=O)N[C@H](C(=O)N1CCC[C@H]1C(=O)O)[C@@H](C)O. The number of rotatable bonds is 15. The van der Waals surface area contributed by atoms with E-state index in [1.54, 1.807) is 6.92 Å². The van der Waals surface area contributed by atoms with Crippen LogP contribution in [0.2, 0.25) is 0 Å². The average molecular weight is 645 g/mol. The number of carboxylic acid groups (broad SMARTS) is 1. The van der Waals surface area contributed by atoms with Crippen LogP contribution in [0.15, 0.2) is 30.3 Å². The summed E-state index contributed by atoms with van der Waals surface area (Å²) in [5.74, 6) is -4.50. The van der Waals surface area contributed by atoms with Gasteiger partial charge in [0, 0.05) is 13.0 Å². The Balaban J connectivity index is 1.70. The smallest absolute Gasteiger partial charge is 0.326 e. The summed E-state index contributed by atoms with van der Waals surface area (Å²) < 4.78 is 0. The molecule has 46 heavy (non-hydrogen) atoms. The van der Waals surface area contributed by atoms with Crippen LogP contribution in [0.5, 0.6) is 0 Å². The molecule has 2 saturated heterocycles. The fourth-order valence-corrected chi connectivity index (χ4v) is 5.70. The molecule has 2 aliphatic rings. The van der Waals surface area contributed by atoms with Gasteiger partial charge >= 0.3 is 5.97 Å². The van der Waals surface area contributed by atoms with E-state index in [1.165, 1.54) is 13.8 Å². The van der Waals surface area contributed by atoms with Crippen molar-refractivity contribution in [1.29, 1.82) is 0 Å². The fourth-order valence-electron chi connectivity index (χ4n) is 5.70. The molecule has 14 heteroatoms. The van der Waals surface area contributed by atoms with Crippen LogP contribution in [0.4, 0.5) is 0 Å². The summed E-state index contributed by atoms with van der Waals surface area (Å²) in [6.07, 6.45) is 1.63. The lowest BCUT2D eigenvalue weighted by atomic mass is 9.96. The first-order valence-corrected chi connectivity index (χ1v) is 16.0. The molecule has 2 heterocycles. The summed E-state index contributed by atoms with van der Waals surface area (Å²) in [6, 6.07) is 3.13. The molecule has 0 saturated carbocycles. The number of amides is 5. The summed E-state index contributed by atoms with van der Waals surface area (Å²) in [5, 5.41) is 33.5. The lowest BCUT2D eigenvalue weighted by molar-refractivity contribution is -0.150. The molecule has 3 rings (SSSR count). The van der Waals surface area contributed by atoms with E-state index in [0.29, 0.717) is 25.8 Å². The maximum atomic E-state index is 13.6. The summed E-state index contributed by atoms with van der Waals surface area (Å²) in [7, 11) is 0. The minimum Gasteiger partial charge on any atom is -0.480 e. The summed E-state index contributed by atoms with van der Waals surface area (Å²) in [4.78, 5) is 79.0. The van der Waals surface area contributed by atoms with E-state index in [4.69, 9.17) is 0 Å². The number of aliphatic hydroxyl groups is 1.